The smallest absolute Gasteiger partial charge is 0.417 e. The maximum atomic E-state index is 13.7. The number of hydrogen-bond acceptors (Lipinski definition) is 9. The highest BCUT2D eigenvalue weighted by atomic mass is 35.5. The van der Waals surface area contributed by atoms with E-state index in [9.17, 15) is 26.7 Å². The third-order valence-electron chi connectivity index (χ3n) is 5.68. The van der Waals surface area contributed by atoms with Gasteiger partial charge in [-0.3, -0.25) is 9.69 Å². The number of carbonyl (C=O) groups is 1. The zero-order valence-electron chi connectivity index (χ0n) is 20.0. The predicted molar refractivity (Wildman–Crippen MR) is 126 cm³/mol. The van der Waals surface area contributed by atoms with Gasteiger partial charge in [-0.25, -0.2) is 23.7 Å². The summed E-state index contributed by atoms with van der Waals surface area (Å²) in [6.07, 6.45) is -2.62. The van der Waals surface area contributed by atoms with E-state index in [0.717, 1.165) is 0 Å². The molecule has 1 unspecified atom stereocenters. The van der Waals surface area contributed by atoms with Crippen molar-refractivity contribution in [2.45, 2.75) is 30.6 Å². The minimum Gasteiger partial charge on any atom is -0.481 e. The van der Waals surface area contributed by atoms with Crippen LogP contribution in [0.15, 0.2) is 41.4 Å². The van der Waals surface area contributed by atoms with E-state index < -0.39 is 47.6 Å². The third kappa shape index (κ3) is 5.87. The van der Waals surface area contributed by atoms with Crippen molar-refractivity contribution >= 4 is 35.2 Å². The highest BCUT2D eigenvalue weighted by molar-refractivity contribution is 6.23. The summed E-state index contributed by atoms with van der Waals surface area (Å²) in [5, 5.41) is 2.46. The molecule has 4 heterocycles. The first-order valence-electron chi connectivity index (χ1n) is 11.1. The molecule has 0 radical (unpaired) electrons. The van der Waals surface area contributed by atoms with Gasteiger partial charge in [0.15, 0.2) is 0 Å². The number of alkyl halides is 6. The van der Waals surface area contributed by atoms with Crippen LogP contribution in [0, 0.1) is 0 Å². The van der Waals surface area contributed by atoms with Crippen molar-refractivity contribution in [3.63, 3.8) is 0 Å². The molecule has 0 saturated carbocycles. The first-order valence-corrected chi connectivity index (χ1v) is 11.5. The standard InChI is InChI=1S/C22H21ClF5N7O3/c1-37-15-3-6-29-20(32-15)35-11-14(18(38-2)33-19(35)23)31-17(36)13-9-12(22(26,27)28)10-30-16(13)34-7-4-21(24,25)5-8-34/h3,6,9-11,19H,4-5,7-8H2,1-2H3,(H,31,36). The van der Waals surface area contributed by atoms with Gasteiger partial charge in [-0.2, -0.15) is 18.2 Å². The molecule has 0 aliphatic carbocycles. The Kier molecular flexibility index (Phi) is 7.58. The largest absolute Gasteiger partial charge is 0.481 e. The lowest BCUT2D eigenvalue weighted by Crippen LogP contribution is -2.42. The van der Waals surface area contributed by atoms with Gasteiger partial charge < -0.3 is 19.7 Å². The molecule has 0 bridgehead atoms. The SMILES string of the molecule is COC1=NC(Cl)N(c2nccc(OC)n2)C=C1NC(=O)c1cc(C(F)(F)F)cnc1N1CCC(F)(F)CC1. The number of rotatable bonds is 5. The van der Waals surface area contributed by atoms with Gasteiger partial charge in [0.25, 0.3) is 11.8 Å². The number of amides is 1. The van der Waals surface area contributed by atoms with E-state index in [1.54, 1.807) is 0 Å². The van der Waals surface area contributed by atoms with E-state index >= 15 is 0 Å². The number of aromatic nitrogens is 3. The monoisotopic (exact) mass is 561 g/mol. The summed E-state index contributed by atoms with van der Waals surface area (Å²) in [7, 11) is 2.65. The second-order valence-corrected chi connectivity index (χ2v) is 8.58. The zero-order chi connectivity index (χ0) is 27.7. The lowest BCUT2D eigenvalue weighted by molar-refractivity contribution is -0.137. The number of halogens is 6. The van der Waals surface area contributed by atoms with Crippen LogP contribution in [0.3, 0.4) is 0 Å². The minimum atomic E-state index is -4.80. The van der Waals surface area contributed by atoms with Gasteiger partial charge in [-0.15, -0.1) is 0 Å². The molecule has 2 aromatic rings. The average molecular weight is 562 g/mol. The molecule has 204 valence electrons. The van der Waals surface area contributed by atoms with Gasteiger partial charge in [0, 0.05) is 50.6 Å². The molecule has 10 nitrogen and oxygen atoms in total. The van der Waals surface area contributed by atoms with Crippen molar-refractivity contribution < 1.29 is 36.2 Å². The molecule has 1 atom stereocenters. The maximum absolute atomic E-state index is 13.7. The minimum absolute atomic E-state index is 0.0469. The molecule has 2 aliphatic heterocycles. The van der Waals surface area contributed by atoms with E-state index in [1.807, 2.05) is 0 Å². The fourth-order valence-corrected chi connectivity index (χ4v) is 3.96. The highest BCUT2D eigenvalue weighted by Gasteiger charge is 2.38. The van der Waals surface area contributed by atoms with Gasteiger partial charge in [0.05, 0.1) is 25.3 Å². The van der Waals surface area contributed by atoms with Crippen molar-refractivity contribution in [1.29, 1.82) is 0 Å². The number of hydrogen-bond donors (Lipinski definition) is 1. The zero-order valence-corrected chi connectivity index (χ0v) is 20.7. The molecule has 1 fully saturated rings. The first-order chi connectivity index (χ1) is 17.9. The molecule has 1 amide bonds. The topological polar surface area (TPSA) is 105 Å². The van der Waals surface area contributed by atoms with E-state index in [-0.39, 0.29) is 42.3 Å². The molecule has 4 rings (SSSR count). The van der Waals surface area contributed by atoms with Crippen molar-refractivity contribution in [2.24, 2.45) is 4.99 Å². The summed E-state index contributed by atoms with van der Waals surface area (Å²) in [5.74, 6) is -3.95. The Labute approximate surface area is 218 Å². The van der Waals surface area contributed by atoms with Crippen molar-refractivity contribution in [1.82, 2.24) is 20.3 Å². The van der Waals surface area contributed by atoms with Crippen molar-refractivity contribution in [2.75, 3.05) is 37.1 Å². The Hall–Kier alpha value is -3.75. The fraction of sp³-hybridized carbons (Fsp3) is 0.409. The van der Waals surface area contributed by atoms with Gasteiger partial charge >= 0.3 is 6.18 Å². The van der Waals surface area contributed by atoms with Crippen LogP contribution in [0.2, 0.25) is 0 Å². The van der Waals surface area contributed by atoms with Crippen LogP contribution in [0.1, 0.15) is 28.8 Å². The van der Waals surface area contributed by atoms with Crippen LogP contribution in [0.5, 0.6) is 5.88 Å². The molecule has 0 spiro atoms. The number of ether oxygens (including phenoxy) is 2. The maximum Gasteiger partial charge on any atom is 0.417 e. The number of piperidine rings is 1. The van der Waals surface area contributed by atoms with E-state index in [0.29, 0.717) is 12.3 Å². The summed E-state index contributed by atoms with van der Waals surface area (Å²) >= 11 is 6.30. The predicted octanol–water partition coefficient (Wildman–Crippen LogP) is 3.79. The Morgan fingerprint density at radius 2 is 1.89 bits per heavy atom. The van der Waals surface area contributed by atoms with Crippen LogP contribution < -0.4 is 19.9 Å². The summed E-state index contributed by atoms with van der Waals surface area (Å²) < 4.78 is 78.0. The van der Waals surface area contributed by atoms with Crippen LogP contribution in [0.4, 0.5) is 33.7 Å². The first kappa shape index (κ1) is 27.3. The molecular formula is C22H21ClF5N7O3. The summed E-state index contributed by atoms with van der Waals surface area (Å²) in [4.78, 5) is 32.1. The van der Waals surface area contributed by atoms with Gasteiger partial charge in [-0.05, 0) is 6.07 Å². The fourth-order valence-electron chi connectivity index (χ4n) is 3.72. The van der Waals surface area contributed by atoms with Gasteiger partial charge in [-0.1, -0.05) is 11.6 Å². The van der Waals surface area contributed by atoms with Crippen LogP contribution in [-0.4, -0.2) is 65.6 Å². The molecule has 2 aliphatic rings. The summed E-state index contributed by atoms with van der Waals surface area (Å²) in [5.41, 5.74) is -2.83. The Morgan fingerprint density at radius 1 is 1.18 bits per heavy atom. The molecule has 16 heteroatoms. The van der Waals surface area contributed by atoms with Crippen LogP contribution >= 0.6 is 11.6 Å². The van der Waals surface area contributed by atoms with E-state index in [2.05, 4.69) is 25.3 Å². The summed E-state index contributed by atoms with van der Waals surface area (Å²) in [6.45, 7) is -0.401. The molecule has 38 heavy (non-hydrogen) atoms. The molecule has 2 aromatic heterocycles. The molecule has 1 N–H and O–H groups in total. The molecule has 1 saturated heterocycles. The summed E-state index contributed by atoms with van der Waals surface area (Å²) in [6, 6.07) is 2.11. The molecular weight excluding hydrogens is 541 g/mol. The number of nitrogens with zero attached hydrogens (tertiary/aromatic N) is 6. The van der Waals surface area contributed by atoms with Crippen LogP contribution in [-0.2, 0) is 10.9 Å². The van der Waals surface area contributed by atoms with E-state index in [4.69, 9.17) is 21.1 Å². The quantitative estimate of drug-likeness (QED) is 0.334. The van der Waals surface area contributed by atoms with Crippen molar-refractivity contribution in [3.8, 4) is 5.88 Å². The second kappa shape index (κ2) is 10.6. The number of methoxy groups -OCH3 is 2. The number of nitrogens with one attached hydrogen (secondary N) is 1. The third-order valence-corrected chi connectivity index (χ3v) is 5.99. The normalized spacial score (nSPS) is 19.4. The number of aliphatic imine (C=N–C) groups is 1. The second-order valence-electron chi connectivity index (χ2n) is 8.19. The lowest BCUT2D eigenvalue weighted by atomic mass is 10.1. The van der Waals surface area contributed by atoms with E-state index in [1.165, 1.54) is 42.5 Å². The van der Waals surface area contributed by atoms with Gasteiger partial charge in [0.2, 0.25) is 23.4 Å². The van der Waals surface area contributed by atoms with Gasteiger partial charge in [0.1, 0.15) is 11.5 Å². The Morgan fingerprint density at radius 3 is 2.53 bits per heavy atom. The Bertz CT molecular complexity index is 1260. The number of pyridine rings is 1. The van der Waals surface area contributed by atoms with Crippen LogP contribution in [0.25, 0.3) is 0 Å². The Balaban J connectivity index is 1.69. The molecule has 0 aromatic carbocycles. The number of carbonyl (C=O) groups excluding carboxylic acids is 1. The average Bonchev–Trinajstić information content (AvgIpc) is 2.88. The lowest BCUT2D eigenvalue weighted by Gasteiger charge is -2.33. The number of anilines is 2. The highest BCUT2D eigenvalue weighted by Crippen LogP contribution is 2.35. The van der Waals surface area contributed by atoms with Crippen molar-refractivity contribution in [3.05, 3.63) is 47.6 Å².